The number of piperidine rings is 1. The van der Waals surface area contributed by atoms with E-state index in [1.54, 1.807) is 0 Å². The van der Waals surface area contributed by atoms with Crippen LogP contribution in [0.5, 0.6) is 0 Å². The van der Waals surface area contributed by atoms with Gasteiger partial charge < -0.3 is 9.64 Å². The van der Waals surface area contributed by atoms with Crippen molar-refractivity contribution < 1.29 is 14.4 Å². The highest BCUT2D eigenvalue weighted by molar-refractivity contribution is 7.71. The number of likely N-dealkylation sites (tertiary alicyclic amines) is 1. The Balaban J connectivity index is 1.80. The Hall–Kier alpha value is -1.80. The van der Waals surface area contributed by atoms with Crippen molar-refractivity contribution in [1.29, 1.82) is 0 Å². The van der Waals surface area contributed by atoms with Crippen LogP contribution < -0.4 is 4.90 Å². The molecule has 1 aliphatic rings. The van der Waals surface area contributed by atoms with Gasteiger partial charge in [0.25, 0.3) is 5.78 Å². The normalized spacial score (nSPS) is 21.1. The molecule has 0 aromatic carbocycles. The Morgan fingerprint density at radius 3 is 3.04 bits per heavy atom. The highest BCUT2D eigenvalue weighted by Crippen LogP contribution is 2.10. The minimum atomic E-state index is -0.0820. The van der Waals surface area contributed by atoms with E-state index < -0.39 is 0 Å². The van der Waals surface area contributed by atoms with E-state index in [1.165, 1.54) is 4.90 Å². The third-order valence-electron chi connectivity index (χ3n) is 4.48. The molecule has 1 fully saturated rings. The fraction of sp³-hybridized carbons (Fsp3) is 0.625. The minimum Gasteiger partial charge on any atom is -0.466 e. The first-order valence-electron chi connectivity index (χ1n) is 8.43. The summed E-state index contributed by atoms with van der Waals surface area (Å²) in [4.78, 5) is 17.8. The average molecular weight is 350 g/mol. The summed E-state index contributed by atoms with van der Waals surface area (Å²) in [5.74, 6) is 0.527. The summed E-state index contributed by atoms with van der Waals surface area (Å²) in [6.07, 6.45) is 1.91. The number of hydrogen-bond acceptors (Lipinski definition) is 5. The lowest BCUT2D eigenvalue weighted by atomic mass is 9.99. The van der Waals surface area contributed by atoms with E-state index in [0.717, 1.165) is 37.3 Å². The summed E-state index contributed by atoms with van der Waals surface area (Å²) in [6, 6.07) is 2.00. The molecule has 130 valence electrons. The molecule has 0 aliphatic carbocycles. The van der Waals surface area contributed by atoms with E-state index in [2.05, 4.69) is 10.1 Å². The summed E-state index contributed by atoms with van der Waals surface area (Å²) in [5.41, 5.74) is 1.96. The van der Waals surface area contributed by atoms with Crippen molar-refractivity contribution in [2.75, 3.05) is 19.7 Å². The number of fused-ring (bicyclic) bond motifs is 1. The molecule has 0 bridgehead atoms. The average Bonchev–Trinajstić information content (AvgIpc) is 2.83. The minimum absolute atomic E-state index is 0.0259. The molecule has 2 aromatic heterocycles. The molecule has 3 heterocycles. The SMILES string of the molecule is CCOC(=O)[C@@H]1CCC[NH+](Cn2nc3nc(C)cc(C)n3c2=S)C1. The van der Waals surface area contributed by atoms with Crippen molar-refractivity contribution in [2.45, 2.75) is 40.3 Å². The standard InChI is InChI=1S/C16H23N5O2S/c1-4-23-14(22)13-6-5-7-19(9-13)10-20-16(24)21-12(3)8-11(2)17-15(21)18-20/h8,13H,4-7,9-10H2,1-3H3/p+1/t13-/m1/s1. The van der Waals surface area contributed by atoms with Crippen molar-refractivity contribution in [3.63, 3.8) is 0 Å². The summed E-state index contributed by atoms with van der Waals surface area (Å²) in [7, 11) is 0. The zero-order valence-electron chi connectivity index (χ0n) is 14.4. The number of aryl methyl sites for hydroxylation is 2. The molecular formula is C16H24N5O2S+. The van der Waals surface area contributed by atoms with Gasteiger partial charge in [0, 0.05) is 11.4 Å². The van der Waals surface area contributed by atoms with Gasteiger partial charge in [-0.25, -0.2) is 4.98 Å². The third kappa shape index (κ3) is 3.34. The maximum atomic E-state index is 12.0. The van der Waals surface area contributed by atoms with Gasteiger partial charge >= 0.3 is 5.97 Å². The van der Waals surface area contributed by atoms with Crippen LogP contribution in [-0.4, -0.2) is 44.8 Å². The van der Waals surface area contributed by atoms with Gasteiger partial charge in [0.15, 0.2) is 6.67 Å². The first kappa shape index (κ1) is 17.0. The Kier molecular flexibility index (Phi) is 4.96. The number of nitrogens with one attached hydrogen (secondary N) is 1. The maximum Gasteiger partial charge on any atom is 0.314 e. The van der Waals surface area contributed by atoms with Crippen LogP contribution in [0.4, 0.5) is 0 Å². The Labute approximate surface area is 146 Å². The molecule has 24 heavy (non-hydrogen) atoms. The smallest absolute Gasteiger partial charge is 0.314 e. The van der Waals surface area contributed by atoms with E-state index >= 15 is 0 Å². The lowest BCUT2D eigenvalue weighted by Crippen LogP contribution is -3.13. The Morgan fingerprint density at radius 1 is 1.50 bits per heavy atom. The Morgan fingerprint density at radius 2 is 2.29 bits per heavy atom. The number of quaternary nitrogens is 1. The second-order valence-corrected chi connectivity index (χ2v) is 6.78. The fourth-order valence-electron chi connectivity index (χ4n) is 3.41. The van der Waals surface area contributed by atoms with Gasteiger partial charge in [0.05, 0.1) is 19.7 Å². The van der Waals surface area contributed by atoms with Crippen LogP contribution >= 0.6 is 12.2 Å². The summed E-state index contributed by atoms with van der Waals surface area (Å²) in [6.45, 7) is 8.67. The van der Waals surface area contributed by atoms with E-state index in [0.29, 0.717) is 23.8 Å². The molecule has 2 atom stereocenters. The first-order valence-corrected chi connectivity index (χ1v) is 8.84. The zero-order valence-corrected chi connectivity index (χ0v) is 15.2. The number of ether oxygens (including phenoxy) is 1. The fourth-order valence-corrected chi connectivity index (χ4v) is 3.74. The second-order valence-electron chi connectivity index (χ2n) is 6.41. The van der Waals surface area contributed by atoms with E-state index in [-0.39, 0.29) is 11.9 Å². The molecule has 0 amide bonds. The molecule has 3 rings (SSSR count). The summed E-state index contributed by atoms with van der Waals surface area (Å²) in [5, 5.41) is 4.56. The monoisotopic (exact) mass is 350 g/mol. The predicted octanol–water partition coefficient (Wildman–Crippen LogP) is 0.693. The molecule has 8 heteroatoms. The lowest BCUT2D eigenvalue weighted by Gasteiger charge is -2.28. The van der Waals surface area contributed by atoms with Gasteiger partial charge in [-0.3, -0.25) is 9.20 Å². The number of nitrogens with zero attached hydrogens (tertiary/aromatic N) is 4. The largest absolute Gasteiger partial charge is 0.466 e. The van der Waals surface area contributed by atoms with Crippen molar-refractivity contribution in [1.82, 2.24) is 19.2 Å². The summed E-state index contributed by atoms with van der Waals surface area (Å²) >= 11 is 5.57. The summed E-state index contributed by atoms with van der Waals surface area (Å²) < 4.78 is 9.55. The number of carbonyl (C=O) groups is 1. The molecule has 7 nitrogen and oxygen atoms in total. The maximum absolute atomic E-state index is 12.0. The zero-order chi connectivity index (χ0) is 17.3. The van der Waals surface area contributed by atoms with Gasteiger partial charge in [-0.1, -0.05) is 0 Å². The van der Waals surface area contributed by atoms with E-state index in [1.807, 2.05) is 35.9 Å². The molecule has 2 aromatic rings. The van der Waals surface area contributed by atoms with Gasteiger partial charge in [0.2, 0.25) is 4.77 Å². The third-order valence-corrected chi connectivity index (χ3v) is 4.87. The van der Waals surface area contributed by atoms with Crippen LogP contribution in [0.1, 0.15) is 31.2 Å². The van der Waals surface area contributed by atoms with Crippen molar-refractivity contribution in [3.05, 3.63) is 22.2 Å². The van der Waals surface area contributed by atoms with Crippen molar-refractivity contribution in [2.24, 2.45) is 5.92 Å². The highest BCUT2D eigenvalue weighted by Gasteiger charge is 2.30. The molecule has 0 spiro atoms. The molecule has 1 N–H and O–H groups in total. The number of carbonyl (C=O) groups excluding carboxylic acids is 1. The Bertz CT molecular complexity index is 813. The van der Waals surface area contributed by atoms with Crippen molar-refractivity contribution >= 4 is 24.0 Å². The highest BCUT2D eigenvalue weighted by atomic mass is 32.1. The number of esters is 1. The molecular weight excluding hydrogens is 326 g/mol. The van der Waals surface area contributed by atoms with Crippen LogP contribution in [0.25, 0.3) is 5.78 Å². The topological polar surface area (TPSA) is 65.9 Å². The molecule has 1 saturated heterocycles. The van der Waals surface area contributed by atoms with Gasteiger partial charge in [-0.05, 0) is 51.9 Å². The second kappa shape index (κ2) is 6.98. The molecule has 1 unspecified atom stereocenters. The molecule has 0 radical (unpaired) electrons. The van der Waals surface area contributed by atoms with Crippen LogP contribution in [0.15, 0.2) is 6.07 Å². The van der Waals surface area contributed by atoms with E-state index in [4.69, 9.17) is 17.0 Å². The van der Waals surface area contributed by atoms with Crippen LogP contribution in [0.2, 0.25) is 0 Å². The van der Waals surface area contributed by atoms with Gasteiger partial charge in [-0.2, -0.15) is 4.68 Å². The van der Waals surface area contributed by atoms with Crippen molar-refractivity contribution in [3.8, 4) is 0 Å². The number of rotatable bonds is 4. The van der Waals surface area contributed by atoms with Gasteiger partial charge in [0.1, 0.15) is 5.92 Å². The number of aromatic nitrogens is 4. The van der Waals surface area contributed by atoms with Crippen LogP contribution in [0, 0.1) is 24.5 Å². The van der Waals surface area contributed by atoms with E-state index in [9.17, 15) is 4.79 Å². The quantitative estimate of drug-likeness (QED) is 0.649. The molecule has 0 saturated carbocycles. The first-order chi connectivity index (χ1) is 11.5. The predicted molar refractivity (Wildman–Crippen MR) is 91.3 cm³/mol. The number of hydrogen-bond donors (Lipinski definition) is 1. The van der Waals surface area contributed by atoms with Gasteiger partial charge in [-0.15, -0.1) is 5.10 Å². The lowest BCUT2D eigenvalue weighted by molar-refractivity contribution is -0.930. The molecule has 1 aliphatic heterocycles. The van der Waals surface area contributed by atoms with Crippen LogP contribution in [0.3, 0.4) is 0 Å². The van der Waals surface area contributed by atoms with Crippen LogP contribution in [-0.2, 0) is 16.2 Å².